The van der Waals surface area contributed by atoms with Crippen molar-refractivity contribution >= 4 is 28.2 Å². The predicted molar refractivity (Wildman–Crippen MR) is 72.9 cm³/mol. The molecule has 18 heavy (non-hydrogen) atoms. The maximum absolute atomic E-state index is 12.4. The van der Waals surface area contributed by atoms with Crippen molar-refractivity contribution in [3.05, 3.63) is 17.0 Å². The summed E-state index contributed by atoms with van der Waals surface area (Å²) in [6.45, 7) is 5.30. The van der Waals surface area contributed by atoms with E-state index in [-0.39, 0.29) is 11.8 Å². The molecule has 0 unspecified atom stereocenters. The first-order chi connectivity index (χ1) is 8.58. The zero-order chi connectivity index (χ0) is 13.1. The molecule has 0 aromatic carbocycles. The van der Waals surface area contributed by atoms with Crippen LogP contribution in [0.4, 0.5) is 5.00 Å². The van der Waals surface area contributed by atoms with Gasteiger partial charge >= 0.3 is 0 Å². The normalized spacial score (nSPS) is 16.7. The van der Waals surface area contributed by atoms with Gasteiger partial charge in [0.15, 0.2) is 0 Å². The molecule has 0 spiro atoms. The highest BCUT2D eigenvalue weighted by atomic mass is 32.1. The van der Waals surface area contributed by atoms with E-state index in [0.717, 1.165) is 25.9 Å². The second-order valence-electron chi connectivity index (χ2n) is 4.82. The summed E-state index contributed by atoms with van der Waals surface area (Å²) in [4.78, 5) is 25.3. The maximum Gasteiger partial charge on any atom is 0.256 e. The quantitative estimate of drug-likeness (QED) is 0.894. The molecule has 0 atom stereocenters. The van der Waals surface area contributed by atoms with Crippen LogP contribution in [0.5, 0.6) is 0 Å². The molecule has 2 amide bonds. The summed E-state index contributed by atoms with van der Waals surface area (Å²) in [6.07, 6.45) is 2.12. The third kappa shape index (κ3) is 2.90. The second kappa shape index (κ2) is 5.52. The van der Waals surface area contributed by atoms with Gasteiger partial charge in [0, 0.05) is 20.0 Å². The molecule has 5 heteroatoms. The van der Waals surface area contributed by atoms with Crippen molar-refractivity contribution in [3.8, 4) is 0 Å². The van der Waals surface area contributed by atoms with Gasteiger partial charge in [0.05, 0.1) is 5.56 Å². The zero-order valence-electron chi connectivity index (χ0n) is 10.7. The Morgan fingerprint density at radius 2 is 2.06 bits per heavy atom. The van der Waals surface area contributed by atoms with E-state index in [1.165, 1.54) is 18.3 Å². The van der Waals surface area contributed by atoms with Gasteiger partial charge in [0.2, 0.25) is 5.91 Å². The van der Waals surface area contributed by atoms with E-state index >= 15 is 0 Å². The number of piperidine rings is 1. The van der Waals surface area contributed by atoms with Crippen molar-refractivity contribution in [2.24, 2.45) is 5.92 Å². The molecule has 98 valence electrons. The molecule has 2 rings (SSSR count). The lowest BCUT2D eigenvalue weighted by atomic mass is 9.99. The fourth-order valence-electron chi connectivity index (χ4n) is 2.12. The van der Waals surface area contributed by atoms with Crippen LogP contribution >= 0.6 is 11.3 Å². The van der Waals surface area contributed by atoms with Crippen LogP contribution < -0.4 is 5.32 Å². The number of likely N-dealkylation sites (tertiary alicyclic amines) is 1. The summed E-state index contributed by atoms with van der Waals surface area (Å²) in [5.74, 6) is 0.594. The monoisotopic (exact) mass is 266 g/mol. The second-order valence-corrected chi connectivity index (χ2v) is 5.74. The van der Waals surface area contributed by atoms with Gasteiger partial charge < -0.3 is 10.2 Å². The van der Waals surface area contributed by atoms with Crippen LogP contribution in [0.3, 0.4) is 0 Å². The van der Waals surface area contributed by atoms with Crippen LogP contribution in [-0.2, 0) is 4.79 Å². The number of amides is 2. The molecular formula is C13H18N2O2S. The van der Waals surface area contributed by atoms with Crippen LogP contribution in [0.15, 0.2) is 11.4 Å². The average Bonchev–Trinajstić information content (AvgIpc) is 2.76. The number of carbonyl (C=O) groups excluding carboxylic acids is 2. The predicted octanol–water partition coefficient (Wildman–Crippen LogP) is 2.58. The minimum Gasteiger partial charge on any atom is -0.339 e. The summed E-state index contributed by atoms with van der Waals surface area (Å²) in [5.41, 5.74) is 0.616. The van der Waals surface area contributed by atoms with Crippen LogP contribution in [0.1, 0.15) is 37.0 Å². The Hall–Kier alpha value is -1.36. The Kier molecular flexibility index (Phi) is 4.01. The van der Waals surface area contributed by atoms with Gasteiger partial charge in [-0.2, -0.15) is 0 Å². The smallest absolute Gasteiger partial charge is 0.256 e. The molecule has 1 fully saturated rings. The topological polar surface area (TPSA) is 49.4 Å². The van der Waals surface area contributed by atoms with E-state index in [1.807, 2.05) is 10.3 Å². The number of thiophene rings is 1. The van der Waals surface area contributed by atoms with Crippen molar-refractivity contribution in [2.45, 2.75) is 26.7 Å². The number of nitrogens with zero attached hydrogens (tertiary/aromatic N) is 1. The number of nitrogens with one attached hydrogen (secondary N) is 1. The van der Waals surface area contributed by atoms with Gasteiger partial charge in [-0.25, -0.2) is 0 Å². The van der Waals surface area contributed by atoms with E-state index in [4.69, 9.17) is 0 Å². The first-order valence-corrected chi connectivity index (χ1v) is 7.10. The van der Waals surface area contributed by atoms with Crippen LogP contribution in [0, 0.1) is 5.92 Å². The fourth-order valence-corrected chi connectivity index (χ4v) is 2.94. The molecule has 1 aromatic rings. The summed E-state index contributed by atoms with van der Waals surface area (Å²) in [7, 11) is 0. The first-order valence-electron chi connectivity index (χ1n) is 6.22. The summed E-state index contributed by atoms with van der Waals surface area (Å²) >= 11 is 1.39. The number of hydrogen-bond donors (Lipinski definition) is 1. The van der Waals surface area contributed by atoms with Crippen molar-refractivity contribution in [1.82, 2.24) is 4.90 Å². The molecule has 1 saturated heterocycles. The van der Waals surface area contributed by atoms with Crippen molar-refractivity contribution in [1.29, 1.82) is 0 Å². The van der Waals surface area contributed by atoms with E-state index < -0.39 is 0 Å². The van der Waals surface area contributed by atoms with Crippen LogP contribution in [0.25, 0.3) is 0 Å². The molecule has 0 radical (unpaired) electrons. The number of anilines is 1. The highest BCUT2D eigenvalue weighted by Crippen LogP contribution is 2.26. The third-order valence-corrected chi connectivity index (χ3v) is 4.09. The fraction of sp³-hybridized carbons (Fsp3) is 0.538. The van der Waals surface area contributed by atoms with Gasteiger partial charge in [-0.05, 0) is 30.2 Å². The van der Waals surface area contributed by atoms with E-state index in [0.29, 0.717) is 16.5 Å². The number of rotatable bonds is 2. The summed E-state index contributed by atoms with van der Waals surface area (Å²) in [5, 5.41) is 5.21. The zero-order valence-corrected chi connectivity index (χ0v) is 11.5. The van der Waals surface area contributed by atoms with Crippen molar-refractivity contribution in [2.75, 3.05) is 18.4 Å². The van der Waals surface area contributed by atoms with Crippen molar-refractivity contribution < 1.29 is 9.59 Å². The molecule has 0 bridgehead atoms. The summed E-state index contributed by atoms with van der Waals surface area (Å²) in [6, 6.07) is 1.79. The van der Waals surface area contributed by atoms with Crippen molar-refractivity contribution in [3.63, 3.8) is 0 Å². The van der Waals surface area contributed by atoms with Gasteiger partial charge in [0.1, 0.15) is 5.00 Å². The first kappa shape index (κ1) is 13.1. The van der Waals surface area contributed by atoms with Crippen LogP contribution in [-0.4, -0.2) is 29.8 Å². The molecule has 0 saturated carbocycles. The molecule has 1 aromatic heterocycles. The molecular weight excluding hydrogens is 248 g/mol. The molecule has 0 aliphatic carbocycles. The summed E-state index contributed by atoms with van der Waals surface area (Å²) < 4.78 is 0. The standard InChI is InChI=1S/C13H18N2O2S/c1-9-3-6-15(7-4-9)13(17)11-5-8-18-12(11)14-10(2)16/h5,8-9H,3-4,6-7H2,1-2H3,(H,14,16). The SMILES string of the molecule is CC(=O)Nc1sccc1C(=O)N1CCC(C)CC1. The third-order valence-electron chi connectivity index (χ3n) is 3.26. The number of carbonyl (C=O) groups is 2. The van der Waals surface area contributed by atoms with Gasteiger partial charge in [-0.15, -0.1) is 11.3 Å². The molecule has 1 aliphatic rings. The number of hydrogen-bond acceptors (Lipinski definition) is 3. The lowest BCUT2D eigenvalue weighted by Crippen LogP contribution is -2.38. The Morgan fingerprint density at radius 3 is 2.67 bits per heavy atom. The molecule has 2 heterocycles. The average molecular weight is 266 g/mol. The Bertz CT molecular complexity index is 448. The highest BCUT2D eigenvalue weighted by molar-refractivity contribution is 7.14. The van der Waals surface area contributed by atoms with Gasteiger partial charge in [-0.1, -0.05) is 6.92 Å². The van der Waals surface area contributed by atoms with E-state index in [1.54, 1.807) is 6.07 Å². The molecule has 1 aliphatic heterocycles. The van der Waals surface area contributed by atoms with Crippen LogP contribution in [0.2, 0.25) is 0 Å². The van der Waals surface area contributed by atoms with E-state index in [9.17, 15) is 9.59 Å². The largest absolute Gasteiger partial charge is 0.339 e. The minimum atomic E-state index is -0.140. The molecule has 1 N–H and O–H groups in total. The Morgan fingerprint density at radius 1 is 1.39 bits per heavy atom. The molecule has 4 nitrogen and oxygen atoms in total. The highest BCUT2D eigenvalue weighted by Gasteiger charge is 2.24. The van der Waals surface area contributed by atoms with Gasteiger partial charge in [0.25, 0.3) is 5.91 Å². The van der Waals surface area contributed by atoms with E-state index in [2.05, 4.69) is 12.2 Å². The Balaban J connectivity index is 2.09. The lowest BCUT2D eigenvalue weighted by molar-refractivity contribution is -0.114. The maximum atomic E-state index is 12.4. The minimum absolute atomic E-state index is 0.0342. The van der Waals surface area contributed by atoms with Gasteiger partial charge in [-0.3, -0.25) is 9.59 Å². The lowest BCUT2D eigenvalue weighted by Gasteiger charge is -2.30. The Labute approximate surface area is 111 Å².